The van der Waals surface area contributed by atoms with Gasteiger partial charge in [0, 0.05) is 17.7 Å². The number of hydrogen-bond acceptors (Lipinski definition) is 4. The second-order valence-electron chi connectivity index (χ2n) is 6.34. The molecule has 0 bridgehead atoms. The Morgan fingerprint density at radius 1 is 0.808 bits per heavy atom. The van der Waals surface area contributed by atoms with Crippen LogP contribution in [0.3, 0.4) is 0 Å². The summed E-state index contributed by atoms with van der Waals surface area (Å²) in [6, 6.07) is 26.9. The molecule has 1 heterocycles. The predicted octanol–water partition coefficient (Wildman–Crippen LogP) is 5.05. The Morgan fingerprint density at radius 2 is 1.54 bits per heavy atom. The van der Waals surface area contributed by atoms with Crippen molar-refractivity contribution in [3.05, 3.63) is 84.4 Å². The van der Waals surface area contributed by atoms with Crippen molar-refractivity contribution in [1.82, 2.24) is 9.97 Å². The van der Waals surface area contributed by atoms with E-state index in [2.05, 4.69) is 64.7 Å². The molecule has 0 spiro atoms. The number of nitrogens with one attached hydrogen (secondary N) is 1. The topological polar surface area (TPSA) is 63.8 Å². The molecule has 1 atom stereocenters. The predicted molar refractivity (Wildman–Crippen MR) is 108 cm³/mol. The molecule has 4 rings (SSSR count). The molecule has 0 fully saturated rings. The van der Waals surface area contributed by atoms with Crippen LogP contribution in [-0.2, 0) is 0 Å². The Bertz CT molecular complexity index is 1040. The molecule has 0 unspecified atom stereocenters. The van der Waals surface area contributed by atoms with E-state index in [1.54, 1.807) is 0 Å². The van der Waals surface area contributed by atoms with Crippen molar-refractivity contribution >= 4 is 22.5 Å². The summed E-state index contributed by atoms with van der Waals surface area (Å²) in [5.74, 6) is 0.983. The van der Waals surface area contributed by atoms with Gasteiger partial charge < -0.3 is 11.1 Å². The van der Waals surface area contributed by atoms with E-state index in [9.17, 15) is 0 Å². The van der Waals surface area contributed by atoms with E-state index in [4.69, 9.17) is 5.73 Å². The average molecular weight is 340 g/mol. The van der Waals surface area contributed by atoms with Crippen molar-refractivity contribution in [2.75, 3.05) is 11.1 Å². The molecule has 26 heavy (non-hydrogen) atoms. The van der Waals surface area contributed by atoms with Crippen molar-refractivity contribution in [3.63, 3.8) is 0 Å². The third-order valence-electron chi connectivity index (χ3n) is 4.45. The molecule has 4 nitrogen and oxygen atoms in total. The lowest BCUT2D eigenvalue weighted by Gasteiger charge is -2.16. The third-order valence-corrected chi connectivity index (χ3v) is 4.45. The number of nitrogen functional groups attached to an aromatic ring is 1. The molecule has 4 heteroatoms. The summed E-state index contributed by atoms with van der Waals surface area (Å²) in [6.07, 6.45) is 0. The Labute approximate surface area is 152 Å². The van der Waals surface area contributed by atoms with Gasteiger partial charge in [0.2, 0.25) is 5.95 Å². The quantitative estimate of drug-likeness (QED) is 0.545. The molecule has 0 aliphatic heterocycles. The second kappa shape index (κ2) is 6.84. The molecule has 0 saturated heterocycles. The summed E-state index contributed by atoms with van der Waals surface area (Å²) in [4.78, 5) is 8.69. The molecule has 3 aromatic carbocycles. The summed E-state index contributed by atoms with van der Waals surface area (Å²) in [5.41, 5.74) is 8.95. The first kappa shape index (κ1) is 16.1. The van der Waals surface area contributed by atoms with Gasteiger partial charge >= 0.3 is 0 Å². The molecule has 0 aliphatic carbocycles. The van der Waals surface area contributed by atoms with E-state index in [1.807, 2.05) is 36.4 Å². The highest BCUT2D eigenvalue weighted by Crippen LogP contribution is 2.25. The lowest BCUT2D eigenvalue weighted by atomic mass is 10.0. The van der Waals surface area contributed by atoms with E-state index in [-0.39, 0.29) is 12.0 Å². The maximum absolute atomic E-state index is 5.92. The Balaban J connectivity index is 1.62. The molecule has 128 valence electrons. The van der Waals surface area contributed by atoms with E-state index in [0.29, 0.717) is 0 Å². The number of nitrogens with zero attached hydrogens (tertiary/aromatic N) is 2. The van der Waals surface area contributed by atoms with Crippen LogP contribution in [0.5, 0.6) is 0 Å². The SMILES string of the molecule is C[C@@H](Nc1cc(-c2ccccc2)nc(N)n1)c1ccc2ccccc2c1. The monoisotopic (exact) mass is 340 g/mol. The number of rotatable bonds is 4. The van der Waals surface area contributed by atoms with Gasteiger partial charge in [-0.2, -0.15) is 4.98 Å². The second-order valence-corrected chi connectivity index (χ2v) is 6.34. The van der Waals surface area contributed by atoms with E-state index >= 15 is 0 Å². The zero-order valence-electron chi connectivity index (χ0n) is 14.6. The van der Waals surface area contributed by atoms with Gasteiger partial charge in [-0.1, -0.05) is 66.7 Å². The minimum atomic E-state index is 0.0949. The molecule has 1 aromatic heterocycles. The minimum absolute atomic E-state index is 0.0949. The summed E-state index contributed by atoms with van der Waals surface area (Å²) in [6.45, 7) is 2.12. The van der Waals surface area contributed by atoms with E-state index < -0.39 is 0 Å². The van der Waals surface area contributed by atoms with Crippen LogP contribution >= 0.6 is 0 Å². The molecule has 0 radical (unpaired) electrons. The van der Waals surface area contributed by atoms with Crippen LogP contribution in [0.1, 0.15) is 18.5 Å². The van der Waals surface area contributed by atoms with Crippen molar-refractivity contribution in [1.29, 1.82) is 0 Å². The Morgan fingerprint density at radius 3 is 2.35 bits per heavy atom. The summed E-state index contributed by atoms with van der Waals surface area (Å²) < 4.78 is 0. The van der Waals surface area contributed by atoms with Crippen LogP contribution in [0.4, 0.5) is 11.8 Å². The van der Waals surface area contributed by atoms with Gasteiger partial charge in [0.25, 0.3) is 0 Å². The number of fused-ring (bicyclic) bond motifs is 1. The van der Waals surface area contributed by atoms with E-state index in [0.717, 1.165) is 17.1 Å². The fraction of sp³-hybridized carbons (Fsp3) is 0.0909. The van der Waals surface area contributed by atoms with Gasteiger partial charge in [-0.3, -0.25) is 0 Å². The van der Waals surface area contributed by atoms with Gasteiger partial charge in [-0.05, 0) is 29.3 Å². The van der Waals surface area contributed by atoms with Crippen LogP contribution in [0, 0.1) is 0 Å². The molecular weight excluding hydrogens is 320 g/mol. The average Bonchev–Trinajstić information content (AvgIpc) is 2.68. The first-order valence-electron chi connectivity index (χ1n) is 8.64. The van der Waals surface area contributed by atoms with Crippen molar-refractivity contribution in [2.24, 2.45) is 0 Å². The van der Waals surface area contributed by atoms with Crippen LogP contribution in [0.15, 0.2) is 78.9 Å². The smallest absolute Gasteiger partial charge is 0.222 e. The maximum Gasteiger partial charge on any atom is 0.222 e. The summed E-state index contributed by atoms with van der Waals surface area (Å²) in [7, 11) is 0. The van der Waals surface area contributed by atoms with Crippen LogP contribution in [-0.4, -0.2) is 9.97 Å². The van der Waals surface area contributed by atoms with Gasteiger partial charge in [-0.25, -0.2) is 4.98 Å². The minimum Gasteiger partial charge on any atom is -0.368 e. The van der Waals surface area contributed by atoms with Crippen LogP contribution in [0.25, 0.3) is 22.0 Å². The largest absolute Gasteiger partial charge is 0.368 e. The molecular formula is C22H20N4. The number of hydrogen-bond donors (Lipinski definition) is 2. The zero-order valence-corrected chi connectivity index (χ0v) is 14.6. The normalized spacial score (nSPS) is 12.0. The van der Waals surface area contributed by atoms with E-state index in [1.165, 1.54) is 16.3 Å². The Kier molecular flexibility index (Phi) is 4.23. The van der Waals surface area contributed by atoms with Crippen molar-refractivity contribution in [2.45, 2.75) is 13.0 Å². The molecule has 3 N–H and O–H groups in total. The van der Waals surface area contributed by atoms with Gasteiger partial charge in [0.05, 0.1) is 5.69 Å². The molecule has 0 amide bonds. The molecule has 0 aliphatic rings. The number of benzene rings is 3. The zero-order chi connectivity index (χ0) is 17.9. The Hall–Kier alpha value is -3.40. The highest BCUT2D eigenvalue weighted by Gasteiger charge is 2.10. The summed E-state index contributed by atoms with van der Waals surface area (Å²) in [5, 5.41) is 5.91. The van der Waals surface area contributed by atoms with Crippen LogP contribution < -0.4 is 11.1 Å². The highest BCUT2D eigenvalue weighted by molar-refractivity contribution is 5.83. The number of aromatic nitrogens is 2. The van der Waals surface area contributed by atoms with Crippen LogP contribution in [0.2, 0.25) is 0 Å². The standard InChI is InChI=1S/C22H20N4/c1-15(18-12-11-16-7-5-6-10-19(16)13-18)24-21-14-20(25-22(23)26-21)17-8-3-2-4-9-17/h2-15H,1H3,(H3,23,24,25,26)/t15-/m1/s1. The first-order chi connectivity index (χ1) is 12.7. The number of anilines is 2. The van der Waals surface area contributed by atoms with Crippen molar-refractivity contribution in [3.8, 4) is 11.3 Å². The third kappa shape index (κ3) is 3.35. The lowest BCUT2D eigenvalue weighted by molar-refractivity contribution is 0.875. The van der Waals surface area contributed by atoms with Gasteiger partial charge in [0.1, 0.15) is 5.82 Å². The number of nitrogens with two attached hydrogens (primary N) is 1. The highest BCUT2D eigenvalue weighted by atomic mass is 15.1. The molecule has 4 aromatic rings. The van der Waals surface area contributed by atoms with Gasteiger partial charge in [0.15, 0.2) is 0 Å². The molecule has 0 saturated carbocycles. The van der Waals surface area contributed by atoms with Gasteiger partial charge in [-0.15, -0.1) is 0 Å². The van der Waals surface area contributed by atoms with Crippen molar-refractivity contribution < 1.29 is 0 Å². The maximum atomic E-state index is 5.92. The first-order valence-corrected chi connectivity index (χ1v) is 8.64. The fourth-order valence-electron chi connectivity index (χ4n) is 3.08. The summed E-state index contributed by atoms with van der Waals surface area (Å²) >= 11 is 0. The fourth-order valence-corrected chi connectivity index (χ4v) is 3.08. The lowest BCUT2D eigenvalue weighted by Crippen LogP contribution is -2.09.